The summed E-state index contributed by atoms with van der Waals surface area (Å²) in [6.45, 7) is 4.04. The fourth-order valence-corrected chi connectivity index (χ4v) is 2.64. The Bertz CT molecular complexity index is 450. The fourth-order valence-electron chi connectivity index (χ4n) is 2.64. The monoisotopic (exact) mass is 263 g/mol. The topological polar surface area (TPSA) is 56.7 Å². The van der Waals surface area contributed by atoms with Crippen LogP contribution in [0.25, 0.3) is 0 Å². The van der Waals surface area contributed by atoms with Crippen molar-refractivity contribution in [2.75, 3.05) is 33.7 Å². The van der Waals surface area contributed by atoms with Crippen molar-refractivity contribution in [1.82, 2.24) is 14.8 Å². The highest BCUT2D eigenvalue weighted by Crippen LogP contribution is 2.16. The molecule has 2 heterocycles. The van der Waals surface area contributed by atoms with Gasteiger partial charge in [-0.25, -0.2) is 9.78 Å². The average Bonchev–Trinajstić information content (AvgIpc) is 2.74. The molecule has 1 aromatic heterocycles. The van der Waals surface area contributed by atoms with Gasteiger partial charge in [-0.2, -0.15) is 0 Å². The zero-order chi connectivity index (χ0) is 13.8. The van der Waals surface area contributed by atoms with Crippen molar-refractivity contribution in [2.45, 2.75) is 13.0 Å². The summed E-state index contributed by atoms with van der Waals surface area (Å²) in [5, 5.41) is 8.92. The van der Waals surface area contributed by atoms with E-state index in [0.29, 0.717) is 12.5 Å². The summed E-state index contributed by atoms with van der Waals surface area (Å²) in [4.78, 5) is 19.6. The number of hydrogen-bond acceptors (Lipinski definition) is 4. The van der Waals surface area contributed by atoms with Crippen LogP contribution in [-0.4, -0.2) is 59.6 Å². The number of aromatic carboxylic acids is 1. The summed E-state index contributed by atoms with van der Waals surface area (Å²) in [5.74, 6) is -0.264. The molecule has 1 aliphatic rings. The number of carboxylic acid groups (broad SMARTS) is 1. The van der Waals surface area contributed by atoms with E-state index in [1.54, 1.807) is 6.07 Å². The molecule has 1 fully saturated rings. The van der Waals surface area contributed by atoms with E-state index in [0.717, 1.165) is 18.8 Å². The highest BCUT2D eigenvalue weighted by Gasteiger charge is 2.20. The molecule has 0 amide bonds. The maximum atomic E-state index is 10.9. The van der Waals surface area contributed by atoms with Gasteiger partial charge in [0.2, 0.25) is 0 Å². The van der Waals surface area contributed by atoms with Gasteiger partial charge in [0.25, 0.3) is 0 Å². The molecule has 0 aliphatic carbocycles. The number of carbonyl (C=O) groups is 1. The lowest BCUT2D eigenvalue weighted by Gasteiger charge is -2.20. The first kappa shape index (κ1) is 14.0. The van der Waals surface area contributed by atoms with Gasteiger partial charge in [-0.15, -0.1) is 0 Å². The van der Waals surface area contributed by atoms with E-state index in [9.17, 15) is 4.79 Å². The minimum Gasteiger partial charge on any atom is -0.477 e. The zero-order valence-corrected chi connectivity index (χ0v) is 11.5. The number of likely N-dealkylation sites (tertiary alicyclic amines) is 1. The highest BCUT2D eigenvalue weighted by atomic mass is 16.4. The number of hydrogen-bond donors (Lipinski definition) is 1. The van der Waals surface area contributed by atoms with Crippen LogP contribution in [0.15, 0.2) is 18.2 Å². The van der Waals surface area contributed by atoms with Crippen LogP contribution in [-0.2, 0) is 6.54 Å². The predicted molar refractivity (Wildman–Crippen MR) is 73.1 cm³/mol. The molecule has 1 N–H and O–H groups in total. The molecule has 1 aromatic rings. The second-order valence-corrected chi connectivity index (χ2v) is 5.43. The van der Waals surface area contributed by atoms with E-state index in [1.165, 1.54) is 19.0 Å². The summed E-state index contributed by atoms with van der Waals surface area (Å²) in [6, 6.07) is 5.16. The smallest absolute Gasteiger partial charge is 0.354 e. The number of rotatable bonds is 5. The predicted octanol–water partition coefficient (Wildman–Crippen LogP) is 1.16. The second kappa shape index (κ2) is 6.12. The minimum atomic E-state index is -0.970. The van der Waals surface area contributed by atoms with Crippen molar-refractivity contribution in [1.29, 1.82) is 0 Å². The summed E-state index contributed by atoms with van der Waals surface area (Å²) in [7, 11) is 4.21. The molecule has 0 spiro atoms. The largest absolute Gasteiger partial charge is 0.477 e. The lowest BCUT2D eigenvalue weighted by molar-refractivity contribution is 0.0690. The highest BCUT2D eigenvalue weighted by molar-refractivity contribution is 5.85. The number of pyridine rings is 1. The average molecular weight is 263 g/mol. The van der Waals surface area contributed by atoms with E-state index in [1.807, 2.05) is 6.07 Å². The Morgan fingerprint density at radius 2 is 2.37 bits per heavy atom. The quantitative estimate of drug-likeness (QED) is 0.864. The van der Waals surface area contributed by atoms with Gasteiger partial charge in [-0.3, -0.25) is 0 Å². The molecular formula is C14H21N3O2. The van der Waals surface area contributed by atoms with Crippen LogP contribution < -0.4 is 0 Å². The van der Waals surface area contributed by atoms with Gasteiger partial charge in [-0.1, -0.05) is 6.07 Å². The molecule has 5 heteroatoms. The summed E-state index contributed by atoms with van der Waals surface area (Å²) >= 11 is 0. The van der Waals surface area contributed by atoms with Gasteiger partial charge in [0.1, 0.15) is 5.69 Å². The molecule has 2 rings (SSSR count). The third-order valence-electron chi connectivity index (χ3n) is 3.52. The molecule has 0 bridgehead atoms. The number of aromatic nitrogens is 1. The Labute approximate surface area is 113 Å². The van der Waals surface area contributed by atoms with Crippen LogP contribution in [0.3, 0.4) is 0 Å². The first-order chi connectivity index (χ1) is 9.04. The van der Waals surface area contributed by atoms with Crippen LogP contribution in [0.2, 0.25) is 0 Å². The lowest BCUT2D eigenvalue weighted by atomic mass is 10.1. The molecule has 1 aliphatic heterocycles. The number of carboxylic acids is 1. The van der Waals surface area contributed by atoms with Crippen molar-refractivity contribution in [3.05, 3.63) is 29.6 Å². The van der Waals surface area contributed by atoms with Crippen LogP contribution in [0.1, 0.15) is 22.6 Å². The van der Waals surface area contributed by atoms with Crippen molar-refractivity contribution in [2.24, 2.45) is 5.92 Å². The molecule has 1 saturated heterocycles. The SMILES string of the molecule is CN1CCC(CN(C)Cc2cccc(C(=O)O)n2)C1. The Kier molecular flexibility index (Phi) is 4.50. The normalized spacial score (nSPS) is 20.1. The Balaban J connectivity index is 1.89. The second-order valence-electron chi connectivity index (χ2n) is 5.43. The van der Waals surface area contributed by atoms with Crippen LogP contribution in [0.4, 0.5) is 0 Å². The van der Waals surface area contributed by atoms with Gasteiger partial charge in [0.15, 0.2) is 0 Å². The standard InChI is InChI=1S/C14H21N3O2/c1-16-7-6-11(8-16)9-17(2)10-12-4-3-5-13(15-12)14(18)19/h3-5,11H,6-10H2,1-2H3,(H,18,19). The van der Waals surface area contributed by atoms with Crippen LogP contribution in [0, 0.1) is 5.92 Å². The molecule has 0 aromatic carbocycles. The molecule has 1 unspecified atom stereocenters. The Morgan fingerprint density at radius 1 is 1.58 bits per heavy atom. The Hall–Kier alpha value is -1.46. The molecule has 0 radical (unpaired) electrons. The van der Waals surface area contributed by atoms with Gasteiger partial charge < -0.3 is 14.9 Å². The fraction of sp³-hybridized carbons (Fsp3) is 0.571. The van der Waals surface area contributed by atoms with Crippen molar-refractivity contribution in [3.63, 3.8) is 0 Å². The first-order valence-electron chi connectivity index (χ1n) is 6.61. The van der Waals surface area contributed by atoms with Crippen molar-refractivity contribution < 1.29 is 9.90 Å². The molecule has 0 saturated carbocycles. The van der Waals surface area contributed by atoms with Gasteiger partial charge in [-0.05, 0) is 45.1 Å². The van der Waals surface area contributed by atoms with Gasteiger partial charge in [0, 0.05) is 19.6 Å². The molecule has 1 atom stereocenters. The first-order valence-corrected chi connectivity index (χ1v) is 6.61. The van der Waals surface area contributed by atoms with E-state index in [-0.39, 0.29) is 5.69 Å². The zero-order valence-electron chi connectivity index (χ0n) is 11.5. The molecular weight excluding hydrogens is 242 g/mol. The third-order valence-corrected chi connectivity index (χ3v) is 3.52. The summed E-state index contributed by atoms with van der Waals surface area (Å²) in [6.07, 6.45) is 1.24. The van der Waals surface area contributed by atoms with E-state index >= 15 is 0 Å². The summed E-state index contributed by atoms with van der Waals surface area (Å²) in [5.41, 5.74) is 0.931. The number of nitrogens with zero attached hydrogens (tertiary/aromatic N) is 3. The lowest BCUT2D eigenvalue weighted by Crippen LogP contribution is -2.27. The van der Waals surface area contributed by atoms with E-state index < -0.39 is 5.97 Å². The van der Waals surface area contributed by atoms with Crippen LogP contribution >= 0.6 is 0 Å². The minimum absolute atomic E-state index is 0.117. The van der Waals surface area contributed by atoms with E-state index in [4.69, 9.17) is 5.11 Å². The van der Waals surface area contributed by atoms with Gasteiger partial charge in [0.05, 0.1) is 5.69 Å². The third kappa shape index (κ3) is 4.01. The van der Waals surface area contributed by atoms with Crippen LogP contribution in [0.5, 0.6) is 0 Å². The molecule has 5 nitrogen and oxygen atoms in total. The Morgan fingerprint density at radius 3 is 3.00 bits per heavy atom. The van der Waals surface area contributed by atoms with Crippen molar-refractivity contribution in [3.8, 4) is 0 Å². The molecule has 19 heavy (non-hydrogen) atoms. The van der Waals surface area contributed by atoms with Gasteiger partial charge >= 0.3 is 5.97 Å². The summed E-state index contributed by atoms with van der Waals surface area (Å²) < 4.78 is 0. The van der Waals surface area contributed by atoms with Crippen molar-refractivity contribution >= 4 is 5.97 Å². The van der Waals surface area contributed by atoms with E-state index in [2.05, 4.69) is 28.9 Å². The molecule has 104 valence electrons. The maximum Gasteiger partial charge on any atom is 0.354 e. The maximum absolute atomic E-state index is 10.9.